The zero-order valence-electron chi connectivity index (χ0n) is 25.3. The number of rotatable bonds is 10. The highest BCUT2D eigenvalue weighted by atomic mass is 16.5. The number of carbonyl (C=O) groups is 1. The minimum atomic E-state index is -0.0644. The van der Waals surface area contributed by atoms with Crippen LogP contribution in [0.25, 0.3) is 11.1 Å². The van der Waals surface area contributed by atoms with Crippen LogP contribution in [-0.2, 0) is 0 Å². The van der Waals surface area contributed by atoms with E-state index in [4.69, 9.17) is 18.9 Å². The second kappa shape index (κ2) is 13.2. The van der Waals surface area contributed by atoms with Crippen molar-refractivity contribution in [1.29, 1.82) is 0 Å². The van der Waals surface area contributed by atoms with Gasteiger partial charge < -0.3 is 18.9 Å². The summed E-state index contributed by atoms with van der Waals surface area (Å²) < 4.78 is 23.5. The maximum absolute atomic E-state index is 12.9. The maximum atomic E-state index is 12.9. The van der Waals surface area contributed by atoms with Crippen LogP contribution in [0.4, 0.5) is 0 Å². The van der Waals surface area contributed by atoms with Crippen LogP contribution in [0.5, 0.6) is 40.2 Å². The lowest BCUT2D eigenvalue weighted by atomic mass is 10.0. The van der Waals surface area contributed by atoms with Gasteiger partial charge in [-0.3, -0.25) is 4.79 Å². The van der Waals surface area contributed by atoms with E-state index in [1.807, 2.05) is 92.7 Å². The molecule has 5 heteroatoms. The molecule has 45 heavy (non-hydrogen) atoms. The largest absolute Gasteiger partial charge is 0.497 e. The van der Waals surface area contributed by atoms with E-state index in [1.54, 1.807) is 55.6 Å². The summed E-state index contributed by atoms with van der Waals surface area (Å²) in [5.74, 6) is 4.97. The number of methoxy groups -OCH3 is 1. The number of ketones is 1. The van der Waals surface area contributed by atoms with Gasteiger partial charge in [0.15, 0.2) is 5.78 Å². The molecule has 6 rings (SSSR count). The zero-order valence-corrected chi connectivity index (χ0v) is 25.3. The molecule has 0 saturated heterocycles. The molecule has 0 bridgehead atoms. The Morgan fingerprint density at radius 3 is 1.44 bits per heavy atom. The van der Waals surface area contributed by atoms with Crippen molar-refractivity contribution in [1.82, 2.24) is 0 Å². The molecule has 0 spiro atoms. The Balaban J connectivity index is 1.09. The predicted octanol–water partition coefficient (Wildman–Crippen LogP) is 10.6. The molecule has 6 aromatic rings. The lowest BCUT2D eigenvalue weighted by Crippen LogP contribution is -2.01. The normalized spacial score (nSPS) is 10.6. The van der Waals surface area contributed by atoms with Gasteiger partial charge in [0.2, 0.25) is 0 Å². The molecule has 0 heterocycles. The van der Waals surface area contributed by atoms with E-state index in [1.165, 1.54) is 0 Å². The zero-order chi connectivity index (χ0) is 31.2. The van der Waals surface area contributed by atoms with Crippen LogP contribution < -0.4 is 18.9 Å². The summed E-state index contributed by atoms with van der Waals surface area (Å²) in [4.78, 5) is 12.9. The summed E-state index contributed by atoms with van der Waals surface area (Å²) in [5, 5.41) is 0. The number of ether oxygens (including phenoxy) is 4. The standard InChI is InChI=1S/C40H32O5/c1-27-6-4-5-7-38(27)44-35-20-9-29(10-21-35)30-11-22-36(23-12-30)45-39-26-37(17-8-28(39)2)43-34-24-15-32(16-25-34)40(41)31-13-18-33(42-3)19-14-31/h4-26H,1-3H3. The van der Waals surface area contributed by atoms with Crippen LogP contribution in [0.3, 0.4) is 0 Å². The third-order valence-corrected chi connectivity index (χ3v) is 7.46. The summed E-state index contributed by atoms with van der Waals surface area (Å²) >= 11 is 0. The van der Waals surface area contributed by atoms with Crippen LogP contribution in [0.15, 0.2) is 140 Å². The lowest BCUT2D eigenvalue weighted by molar-refractivity contribution is 0.103. The molecule has 0 aliphatic heterocycles. The van der Waals surface area contributed by atoms with Gasteiger partial charge in [0, 0.05) is 17.2 Å². The van der Waals surface area contributed by atoms with Crippen LogP contribution in [-0.4, -0.2) is 12.9 Å². The number of carbonyl (C=O) groups excluding carboxylic acids is 1. The molecule has 0 fully saturated rings. The van der Waals surface area contributed by atoms with Crippen molar-refractivity contribution in [2.45, 2.75) is 13.8 Å². The van der Waals surface area contributed by atoms with Gasteiger partial charge >= 0.3 is 0 Å². The molecular formula is C40H32O5. The molecule has 0 saturated carbocycles. The number of benzene rings is 6. The maximum Gasteiger partial charge on any atom is 0.193 e. The van der Waals surface area contributed by atoms with Crippen molar-refractivity contribution in [2.24, 2.45) is 0 Å². The van der Waals surface area contributed by atoms with E-state index in [0.29, 0.717) is 34.1 Å². The van der Waals surface area contributed by atoms with Crippen molar-refractivity contribution in [3.05, 3.63) is 162 Å². The summed E-state index contributed by atoms with van der Waals surface area (Å²) in [5.41, 5.74) is 5.41. The lowest BCUT2D eigenvalue weighted by Gasteiger charge is -2.13. The molecule has 5 nitrogen and oxygen atoms in total. The van der Waals surface area contributed by atoms with Crippen molar-refractivity contribution in [3.8, 4) is 51.4 Å². The SMILES string of the molecule is COc1ccc(C(=O)c2ccc(Oc3ccc(C)c(Oc4ccc(-c5ccc(Oc6ccccc6C)cc5)cc4)c3)cc2)cc1. The second-order valence-electron chi connectivity index (χ2n) is 10.6. The summed E-state index contributed by atoms with van der Waals surface area (Å²) in [7, 11) is 1.60. The Bertz CT molecular complexity index is 1910. The molecule has 222 valence electrons. The minimum Gasteiger partial charge on any atom is -0.497 e. The molecule has 0 amide bonds. The first kappa shape index (κ1) is 29.3. The van der Waals surface area contributed by atoms with Gasteiger partial charge in [-0.15, -0.1) is 0 Å². The molecule has 0 radical (unpaired) electrons. The van der Waals surface area contributed by atoms with Crippen molar-refractivity contribution < 1.29 is 23.7 Å². The highest BCUT2D eigenvalue weighted by Crippen LogP contribution is 2.33. The van der Waals surface area contributed by atoms with Crippen LogP contribution in [0.2, 0.25) is 0 Å². The Morgan fingerprint density at radius 1 is 0.444 bits per heavy atom. The average molecular weight is 593 g/mol. The molecule has 0 aromatic heterocycles. The third kappa shape index (κ3) is 7.06. The van der Waals surface area contributed by atoms with Gasteiger partial charge in [0.1, 0.15) is 40.2 Å². The topological polar surface area (TPSA) is 54.0 Å². The molecule has 0 aliphatic carbocycles. The predicted molar refractivity (Wildman–Crippen MR) is 177 cm³/mol. The first-order valence-corrected chi connectivity index (χ1v) is 14.6. The van der Waals surface area contributed by atoms with Crippen LogP contribution in [0.1, 0.15) is 27.0 Å². The monoisotopic (exact) mass is 592 g/mol. The third-order valence-electron chi connectivity index (χ3n) is 7.46. The number of para-hydroxylation sites is 1. The van der Waals surface area contributed by atoms with Gasteiger partial charge in [0.25, 0.3) is 0 Å². The van der Waals surface area contributed by atoms with Gasteiger partial charge in [0.05, 0.1) is 7.11 Å². The van der Waals surface area contributed by atoms with E-state index >= 15 is 0 Å². The van der Waals surface area contributed by atoms with Gasteiger partial charge in [-0.05, 0) is 121 Å². The number of hydrogen-bond acceptors (Lipinski definition) is 5. The van der Waals surface area contributed by atoms with E-state index in [-0.39, 0.29) is 5.78 Å². The Morgan fingerprint density at radius 2 is 0.889 bits per heavy atom. The van der Waals surface area contributed by atoms with E-state index in [9.17, 15) is 4.79 Å². The highest BCUT2D eigenvalue weighted by Gasteiger charge is 2.11. The molecule has 6 aromatic carbocycles. The first-order chi connectivity index (χ1) is 21.9. The Kier molecular flexibility index (Phi) is 8.60. The van der Waals surface area contributed by atoms with Crippen LogP contribution >= 0.6 is 0 Å². The van der Waals surface area contributed by atoms with Gasteiger partial charge in [-0.1, -0.05) is 48.5 Å². The minimum absolute atomic E-state index is 0.0644. The smallest absolute Gasteiger partial charge is 0.193 e. The fraction of sp³-hybridized carbons (Fsp3) is 0.0750. The van der Waals surface area contributed by atoms with E-state index in [0.717, 1.165) is 39.5 Å². The fourth-order valence-electron chi connectivity index (χ4n) is 4.83. The summed E-state index contributed by atoms with van der Waals surface area (Å²) in [6.45, 7) is 4.03. The number of aryl methyl sites for hydroxylation is 2. The average Bonchev–Trinajstić information content (AvgIpc) is 3.08. The molecule has 0 unspecified atom stereocenters. The Labute approximate surface area is 263 Å². The Hall–Kier alpha value is -5.81. The van der Waals surface area contributed by atoms with Gasteiger partial charge in [-0.2, -0.15) is 0 Å². The first-order valence-electron chi connectivity index (χ1n) is 14.6. The van der Waals surface area contributed by atoms with Gasteiger partial charge in [-0.25, -0.2) is 0 Å². The molecule has 0 atom stereocenters. The quantitative estimate of drug-likeness (QED) is 0.148. The molecular weight excluding hydrogens is 560 g/mol. The van der Waals surface area contributed by atoms with E-state index < -0.39 is 0 Å². The van der Waals surface area contributed by atoms with Crippen molar-refractivity contribution >= 4 is 5.78 Å². The molecule has 0 N–H and O–H groups in total. The van der Waals surface area contributed by atoms with Crippen molar-refractivity contribution in [3.63, 3.8) is 0 Å². The number of hydrogen-bond donors (Lipinski definition) is 0. The second-order valence-corrected chi connectivity index (χ2v) is 10.6. The summed E-state index contributed by atoms with van der Waals surface area (Å²) in [6, 6.07) is 43.9. The highest BCUT2D eigenvalue weighted by molar-refractivity contribution is 6.09. The molecule has 0 aliphatic rings. The van der Waals surface area contributed by atoms with Crippen LogP contribution in [0, 0.1) is 13.8 Å². The fourth-order valence-corrected chi connectivity index (χ4v) is 4.83. The van der Waals surface area contributed by atoms with Crippen molar-refractivity contribution in [2.75, 3.05) is 7.11 Å². The van der Waals surface area contributed by atoms with E-state index in [2.05, 4.69) is 12.1 Å². The summed E-state index contributed by atoms with van der Waals surface area (Å²) in [6.07, 6.45) is 0.